The minimum Gasteiger partial charge on any atom is -0.481 e. The molecule has 0 heterocycles. The highest BCUT2D eigenvalue weighted by atomic mass is 16.5. The number of Topliss-reactive ketones (excluding diaryl/α,β-unsaturated/α-hetero) is 1. The van der Waals surface area contributed by atoms with Crippen LogP contribution in [0.5, 0.6) is 0 Å². The average Bonchev–Trinajstić information content (AvgIpc) is 3.27. The van der Waals surface area contributed by atoms with Crippen LogP contribution >= 0.6 is 0 Å². The van der Waals surface area contributed by atoms with Gasteiger partial charge in [0.25, 0.3) is 0 Å². The second-order valence-corrected chi connectivity index (χ2v) is 14.2. The van der Waals surface area contributed by atoms with Crippen molar-refractivity contribution in [3.05, 3.63) is 35.9 Å². The van der Waals surface area contributed by atoms with Gasteiger partial charge < -0.3 is 9.84 Å². The van der Waals surface area contributed by atoms with Crippen molar-refractivity contribution in [2.45, 2.75) is 104 Å². The van der Waals surface area contributed by atoms with E-state index >= 15 is 0 Å². The minimum atomic E-state index is -0.696. The molecule has 1 N–H and O–H groups in total. The molecule has 0 aliphatic heterocycles. The smallest absolute Gasteiger partial charge is 0.338 e. The van der Waals surface area contributed by atoms with Gasteiger partial charge in [-0.15, -0.1) is 0 Å². The zero-order valence-electron chi connectivity index (χ0n) is 24.4. The molecule has 0 amide bonds. The zero-order chi connectivity index (χ0) is 27.9. The van der Waals surface area contributed by atoms with Gasteiger partial charge in [0.15, 0.2) is 0 Å². The van der Waals surface area contributed by atoms with Crippen molar-refractivity contribution in [3.8, 4) is 0 Å². The molecule has 10 atom stereocenters. The molecule has 0 spiro atoms. The van der Waals surface area contributed by atoms with Crippen molar-refractivity contribution in [1.82, 2.24) is 0 Å². The number of ketones is 1. The van der Waals surface area contributed by atoms with E-state index in [1.54, 1.807) is 0 Å². The number of carboxylic acids is 1. The Balaban J connectivity index is 1.38. The summed E-state index contributed by atoms with van der Waals surface area (Å²) in [6.07, 6.45) is 10.5. The highest BCUT2D eigenvalue weighted by Gasteiger charge is 2.63. The standard InChI is InChI=1S/C34H48O5/c1-21(9-8-10-22(2)31(36)37)26-13-14-27-30-28(16-18-34(26,27)4)33(3)17-15-25(35)19-24(33)20-29(30)39-32(38)23-11-6-5-7-12-23/h5-7,11-12,21-22,24,26-30H,8-10,13-20H2,1-4H3,(H,36,37)/t21-,22?,24-,26-,27?,28?,29?,30?,33+,34-/m1/s1. The molecular formula is C34H48O5. The Morgan fingerprint density at radius 3 is 2.44 bits per heavy atom. The number of rotatable bonds is 8. The van der Waals surface area contributed by atoms with Crippen LogP contribution in [-0.4, -0.2) is 28.9 Å². The number of esters is 1. The number of aliphatic carboxylic acids is 1. The molecule has 1 aromatic carbocycles. The van der Waals surface area contributed by atoms with Crippen LogP contribution in [0.3, 0.4) is 0 Å². The van der Waals surface area contributed by atoms with Gasteiger partial charge in [0.05, 0.1) is 11.5 Å². The molecule has 0 radical (unpaired) electrons. The molecule has 5 nitrogen and oxygen atoms in total. The fourth-order valence-corrected chi connectivity index (χ4v) is 9.94. The first kappa shape index (κ1) is 28.4. The largest absolute Gasteiger partial charge is 0.481 e. The first-order chi connectivity index (χ1) is 18.5. The normalized spacial score (nSPS) is 39.1. The predicted octanol–water partition coefficient (Wildman–Crippen LogP) is 7.58. The van der Waals surface area contributed by atoms with E-state index in [2.05, 4.69) is 20.8 Å². The fraction of sp³-hybridized carbons (Fsp3) is 0.735. The van der Waals surface area contributed by atoms with E-state index in [9.17, 15) is 19.5 Å². The van der Waals surface area contributed by atoms with Crippen molar-refractivity contribution in [1.29, 1.82) is 0 Å². The van der Waals surface area contributed by atoms with Crippen molar-refractivity contribution in [3.63, 3.8) is 0 Å². The molecule has 0 aromatic heterocycles. The Bertz CT molecular complexity index is 1070. The lowest BCUT2D eigenvalue weighted by Crippen LogP contribution is -2.59. The van der Waals surface area contributed by atoms with E-state index in [1.165, 1.54) is 19.3 Å². The second-order valence-electron chi connectivity index (χ2n) is 14.2. The molecule has 214 valence electrons. The zero-order valence-corrected chi connectivity index (χ0v) is 24.4. The lowest BCUT2D eigenvalue weighted by atomic mass is 9.43. The van der Waals surface area contributed by atoms with E-state index in [0.717, 1.165) is 38.5 Å². The summed E-state index contributed by atoms with van der Waals surface area (Å²) < 4.78 is 6.43. The maximum atomic E-state index is 13.3. The summed E-state index contributed by atoms with van der Waals surface area (Å²) in [5.41, 5.74) is 0.963. The van der Waals surface area contributed by atoms with E-state index in [0.29, 0.717) is 59.7 Å². The SMILES string of the molecule is CC(CCC[C@@H](C)[C@H]1CCC2C3C(OC(=O)c4ccccc4)C[C@H]4CC(=O)CC[C@]4(C)C3CC[C@@]21C)C(=O)O. The highest BCUT2D eigenvalue weighted by molar-refractivity contribution is 5.89. The summed E-state index contributed by atoms with van der Waals surface area (Å²) >= 11 is 0. The molecule has 4 aliphatic carbocycles. The number of fused-ring (bicyclic) bond motifs is 5. The number of carbonyl (C=O) groups is 3. The van der Waals surface area contributed by atoms with Gasteiger partial charge in [-0.05, 0) is 97.5 Å². The summed E-state index contributed by atoms with van der Waals surface area (Å²) in [6.45, 7) is 9.15. The number of benzene rings is 1. The maximum absolute atomic E-state index is 13.3. The summed E-state index contributed by atoms with van der Waals surface area (Å²) in [5.74, 6) is 1.99. The monoisotopic (exact) mass is 536 g/mol. The van der Waals surface area contributed by atoms with Crippen LogP contribution in [0.15, 0.2) is 30.3 Å². The Morgan fingerprint density at radius 2 is 1.72 bits per heavy atom. The molecule has 4 saturated carbocycles. The summed E-state index contributed by atoms with van der Waals surface area (Å²) in [4.78, 5) is 37.2. The average molecular weight is 537 g/mol. The van der Waals surface area contributed by atoms with Crippen LogP contribution in [0.25, 0.3) is 0 Å². The third-order valence-electron chi connectivity index (χ3n) is 12.2. The fourth-order valence-electron chi connectivity index (χ4n) is 9.94. The van der Waals surface area contributed by atoms with Crippen molar-refractivity contribution in [2.75, 3.05) is 0 Å². The number of hydrogen-bond donors (Lipinski definition) is 1. The molecule has 1 aromatic rings. The Morgan fingerprint density at radius 1 is 1.00 bits per heavy atom. The van der Waals surface area contributed by atoms with Crippen molar-refractivity contribution in [2.24, 2.45) is 52.3 Å². The lowest BCUT2D eigenvalue weighted by molar-refractivity contribution is -0.170. The molecule has 5 unspecified atom stereocenters. The molecule has 5 heteroatoms. The van der Waals surface area contributed by atoms with Gasteiger partial charge in [0.2, 0.25) is 0 Å². The van der Waals surface area contributed by atoms with E-state index in [-0.39, 0.29) is 28.8 Å². The summed E-state index contributed by atoms with van der Waals surface area (Å²) in [5, 5.41) is 9.29. The Hall–Kier alpha value is -2.17. The Kier molecular flexibility index (Phi) is 8.01. The molecule has 39 heavy (non-hydrogen) atoms. The molecule has 4 aliphatic rings. The number of carboxylic acid groups (broad SMARTS) is 1. The first-order valence-corrected chi connectivity index (χ1v) is 15.5. The Labute approximate surface area is 234 Å². The van der Waals surface area contributed by atoms with Gasteiger partial charge in [0, 0.05) is 18.8 Å². The van der Waals surface area contributed by atoms with E-state index in [4.69, 9.17) is 4.74 Å². The topological polar surface area (TPSA) is 80.7 Å². The van der Waals surface area contributed by atoms with Gasteiger partial charge in [-0.25, -0.2) is 4.79 Å². The molecular weight excluding hydrogens is 488 g/mol. The third-order valence-corrected chi connectivity index (χ3v) is 12.2. The van der Waals surface area contributed by atoms with E-state index < -0.39 is 5.97 Å². The second kappa shape index (κ2) is 11.0. The molecule has 4 fully saturated rings. The van der Waals surface area contributed by atoms with Gasteiger partial charge in [-0.1, -0.05) is 58.7 Å². The van der Waals surface area contributed by atoms with Crippen LogP contribution in [0.1, 0.15) is 109 Å². The molecule has 0 saturated heterocycles. The van der Waals surface area contributed by atoms with Gasteiger partial charge >= 0.3 is 11.9 Å². The number of carbonyl (C=O) groups excluding carboxylic acids is 2. The number of ether oxygens (including phenoxy) is 1. The first-order valence-electron chi connectivity index (χ1n) is 15.5. The van der Waals surface area contributed by atoms with Crippen LogP contribution in [0.2, 0.25) is 0 Å². The minimum absolute atomic E-state index is 0.137. The van der Waals surface area contributed by atoms with Gasteiger partial charge in [0.1, 0.15) is 11.9 Å². The molecule has 0 bridgehead atoms. The van der Waals surface area contributed by atoms with Crippen LogP contribution in [-0.2, 0) is 14.3 Å². The molecule has 5 rings (SSSR count). The van der Waals surface area contributed by atoms with Crippen molar-refractivity contribution >= 4 is 17.7 Å². The predicted molar refractivity (Wildman–Crippen MR) is 151 cm³/mol. The third kappa shape index (κ3) is 5.20. The summed E-state index contributed by atoms with van der Waals surface area (Å²) in [7, 11) is 0. The maximum Gasteiger partial charge on any atom is 0.338 e. The lowest BCUT2D eigenvalue weighted by Gasteiger charge is -2.62. The van der Waals surface area contributed by atoms with Gasteiger partial charge in [-0.2, -0.15) is 0 Å². The summed E-state index contributed by atoms with van der Waals surface area (Å²) in [6, 6.07) is 9.35. The number of hydrogen-bond acceptors (Lipinski definition) is 4. The highest BCUT2D eigenvalue weighted by Crippen LogP contribution is 2.68. The van der Waals surface area contributed by atoms with Crippen LogP contribution < -0.4 is 0 Å². The van der Waals surface area contributed by atoms with Crippen molar-refractivity contribution < 1.29 is 24.2 Å². The van der Waals surface area contributed by atoms with Gasteiger partial charge in [-0.3, -0.25) is 9.59 Å². The van der Waals surface area contributed by atoms with Crippen LogP contribution in [0.4, 0.5) is 0 Å². The van der Waals surface area contributed by atoms with Crippen LogP contribution in [0, 0.1) is 52.3 Å². The quantitative estimate of drug-likeness (QED) is 0.346. The van der Waals surface area contributed by atoms with E-state index in [1.807, 2.05) is 37.3 Å².